The highest BCUT2D eigenvalue weighted by Gasteiger charge is 1.84. The van der Waals surface area contributed by atoms with Crippen molar-refractivity contribution in [1.82, 2.24) is 0 Å². The molecule has 0 aliphatic rings. The summed E-state index contributed by atoms with van der Waals surface area (Å²) in [7, 11) is 0. The van der Waals surface area contributed by atoms with Gasteiger partial charge in [0.2, 0.25) is 0 Å². The van der Waals surface area contributed by atoms with Gasteiger partial charge < -0.3 is 4.74 Å². The van der Waals surface area contributed by atoms with Crippen LogP contribution >= 0.6 is 0 Å². The predicted molar refractivity (Wildman–Crippen MR) is 58.8 cm³/mol. The van der Waals surface area contributed by atoms with E-state index in [1.54, 1.807) is 0 Å². The number of unbranched alkanes of at least 4 members (excludes halogenated alkanes) is 5. The second-order valence-electron chi connectivity index (χ2n) is 3.45. The molecule has 0 amide bonds. The summed E-state index contributed by atoms with van der Waals surface area (Å²) in [5, 5.41) is 0. The summed E-state index contributed by atoms with van der Waals surface area (Å²) in [6.45, 7) is 5.30. The van der Waals surface area contributed by atoms with Crippen LogP contribution < -0.4 is 0 Å². The SMILES string of the molecule is CCCCCCC=COCCCC. The van der Waals surface area contributed by atoms with Gasteiger partial charge in [-0.25, -0.2) is 0 Å². The zero-order valence-corrected chi connectivity index (χ0v) is 9.22. The van der Waals surface area contributed by atoms with E-state index < -0.39 is 0 Å². The van der Waals surface area contributed by atoms with Crippen LogP contribution in [0.3, 0.4) is 0 Å². The molecule has 0 fully saturated rings. The fourth-order valence-corrected chi connectivity index (χ4v) is 1.12. The van der Waals surface area contributed by atoms with Crippen LogP contribution in [0.25, 0.3) is 0 Å². The van der Waals surface area contributed by atoms with E-state index in [-0.39, 0.29) is 0 Å². The molecule has 0 atom stereocenters. The van der Waals surface area contributed by atoms with E-state index in [2.05, 4.69) is 19.9 Å². The lowest BCUT2D eigenvalue weighted by atomic mass is 10.1. The molecule has 0 aromatic heterocycles. The van der Waals surface area contributed by atoms with Gasteiger partial charge in [-0.2, -0.15) is 0 Å². The molecule has 0 radical (unpaired) electrons. The molecule has 78 valence electrons. The van der Waals surface area contributed by atoms with Crippen molar-refractivity contribution < 1.29 is 4.74 Å². The normalized spacial score (nSPS) is 10.9. The van der Waals surface area contributed by atoms with Crippen LogP contribution in [0.15, 0.2) is 12.3 Å². The van der Waals surface area contributed by atoms with Crippen LogP contribution in [0, 0.1) is 0 Å². The van der Waals surface area contributed by atoms with Crippen molar-refractivity contribution in [2.24, 2.45) is 0 Å². The van der Waals surface area contributed by atoms with E-state index in [9.17, 15) is 0 Å². The Morgan fingerprint density at radius 2 is 1.69 bits per heavy atom. The Hall–Kier alpha value is -0.460. The number of rotatable bonds is 9. The van der Waals surface area contributed by atoms with E-state index in [1.807, 2.05) is 6.26 Å². The second-order valence-corrected chi connectivity index (χ2v) is 3.45. The fourth-order valence-electron chi connectivity index (χ4n) is 1.12. The van der Waals surface area contributed by atoms with Crippen LogP contribution in [-0.4, -0.2) is 6.61 Å². The first-order chi connectivity index (χ1) is 6.41. The van der Waals surface area contributed by atoms with Crippen LogP contribution in [0.5, 0.6) is 0 Å². The van der Waals surface area contributed by atoms with Gasteiger partial charge in [0, 0.05) is 0 Å². The van der Waals surface area contributed by atoms with Gasteiger partial charge >= 0.3 is 0 Å². The third kappa shape index (κ3) is 11.5. The Kier molecular flexibility index (Phi) is 11.1. The second kappa shape index (κ2) is 11.5. The summed E-state index contributed by atoms with van der Waals surface area (Å²) < 4.78 is 5.30. The van der Waals surface area contributed by atoms with Crippen LogP contribution in [-0.2, 0) is 4.74 Å². The van der Waals surface area contributed by atoms with E-state index >= 15 is 0 Å². The molecule has 0 aromatic rings. The van der Waals surface area contributed by atoms with E-state index in [0.29, 0.717) is 0 Å². The first-order valence-electron chi connectivity index (χ1n) is 5.68. The molecule has 0 aliphatic carbocycles. The van der Waals surface area contributed by atoms with Crippen molar-refractivity contribution >= 4 is 0 Å². The molecule has 0 saturated heterocycles. The highest BCUT2D eigenvalue weighted by atomic mass is 16.5. The lowest BCUT2D eigenvalue weighted by Gasteiger charge is -1.97. The average Bonchev–Trinajstić information content (AvgIpc) is 2.16. The smallest absolute Gasteiger partial charge is 0.0873 e. The molecular weight excluding hydrogens is 160 g/mol. The zero-order valence-electron chi connectivity index (χ0n) is 9.22. The maximum absolute atomic E-state index is 5.30. The summed E-state index contributed by atoms with van der Waals surface area (Å²) in [4.78, 5) is 0. The van der Waals surface area contributed by atoms with Crippen molar-refractivity contribution in [2.45, 2.75) is 58.8 Å². The molecule has 1 heteroatoms. The molecule has 0 rings (SSSR count). The summed E-state index contributed by atoms with van der Waals surface area (Å²) in [5.74, 6) is 0. The number of ether oxygens (including phenoxy) is 1. The minimum atomic E-state index is 0.877. The van der Waals surface area contributed by atoms with Gasteiger partial charge in [-0.15, -0.1) is 0 Å². The van der Waals surface area contributed by atoms with Crippen LogP contribution in [0.1, 0.15) is 58.8 Å². The van der Waals surface area contributed by atoms with Crippen molar-refractivity contribution in [3.8, 4) is 0 Å². The van der Waals surface area contributed by atoms with E-state index in [1.165, 1.54) is 44.9 Å². The van der Waals surface area contributed by atoms with Gasteiger partial charge in [0.15, 0.2) is 0 Å². The van der Waals surface area contributed by atoms with Crippen molar-refractivity contribution in [1.29, 1.82) is 0 Å². The Labute approximate surface area is 83.2 Å². The van der Waals surface area contributed by atoms with Gasteiger partial charge in [-0.05, 0) is 25.3 Å². The topological polar surface area (TPSA) is 9.23 Å². The Bertz CT molecular complexity index is 108. The Balaban J connectivity index is 2.95. The largest absolute Gasteiger partial charge is 0.502 e. The molecule has 0 unspecified atom stereocenters. The lowest BCUT2D eigenvalue weighted by molar-refractivity contribution is 0.242. The Morgan fingerprint density at radius 3 is 2.38 bits per heavy atom. The molecule has 0 saturated carbocycles. The molecule has 0 N–H and O–H groups in total. The maximum atomic E-state index is 5.30. The van der Waals surface area contributed by atoms with Crippen molar-refractivity contribution in [3.63, 3.8) is 0 Å². The van der Waals surface area contributed by atoms with Gasteiger partial charge in [-0.3, -0.25) is 0 Å². The third-order valence-electron chi connectivity index (χ3n) is 2.03. The molecule has 0 bridgehead atoms. The molecular formula is C12H24O. The monoisotopic (exact) mass is 184 g/mol. The number of hydrogen-bond acceptors (Lipinski definition) is 1. The minimum Gasteiger partial charge on any atom is -0.502 e. The summed E-state index contributed by atoms with van der Waals surface area (Å²) in [5.41, 5.74) is 0. The molecule has 13 heavy (non-hydrogen) atoms. The Morgan fingerprint density at radius 1 is 0.923 bits per heavy atom. The predicted octanol–water partition coefficient (Wildman–Crippen LogP) is 4.29. The van der Waals surface area contributed by atoms with Crippen LogP contribution in [0.2, 0.25) is 0 Å². The van der Waals surface area contributed by atoms with E-state index in [0.717, 1.165) is 6.61 Å². The fraction of sp³-hybridized carbons (Fsp3) is 0.833. The van der Waals surface area contributed by atoms with Gasteiger partial charge in [0.05, 0.1) is 12.9 Å². The highest BCUT2D eigenvalue weighted by Crippen LogP contribution is 2.02. The lowest BCUT2D eigenvalue weighted by Crippen LogP contribution is -1.84. The average molecular weight is 184 g/mol. The van der Waals surface area contributed by atoms with Gasteiger partial charge in [0.1, 0.15) is 0 Å². The molecule has 0 spiro atoms. The molecule has 0 aromatic carbocycles. The molecule has 1 nitrogen and oxygen atoms in total. The zero-order chi connectivity index (χ0) is 9.78. The van der Waals surface area contributed by atoms with Crippen molar-refractivity contribution in [3.05, 3.63) is 12.3 Å². The maximum Gasteiger partial charge on any atom is 0.0873 e. The summed E-state index contributed by atoms with van der Waals surface area (Å²) in [6, 6.07) is 0. The van der Waals surface area contributed by atoms with E-state index in [4.69, 9.17) is 4.74 Å². The standard InChI is InChI=1S/C12H24O/c1-3-5-7-8-9-10-12-13-11-6-4-2/h10,12H,3-9,11H2,1-2H3. The molecule has 0 aliphatic heterocycles. The first kappa shape index (κ1) is 12.5. The summed E-state index contributed by atoms with van der Waals surface area (Å²) >= 11 is 0. The summed E-state index contributed by atoms with van der Waals surface area (Å²) in [6.07, 6.45) is 12.9. The van der Waals surface area contributed by atoms with Gasteiger partial charge in [-0.1, -0.05) is 39.5 Å². The number of allylic oxidation sites excluding steroid dienone is 1. The van der Waals surface area contributed by atoms with Crippen LogP contribution in [0.4, 0.5) is 0 Å². The number of hydrogen-bond donors (Lipinski definition) is 0. The quantitative estimate of drug-likeness (QED) is 0.384. The highest BCUT2D eigenvalue weighted by molar-refractivity contribution is 4.72. The van der Waals surface area contributed by atoms with Gasteiger partial charge in [0.25, 0.3) is 0 Å². The molecule has 0 heterocycles. The minimum absolute atomic E-state index is 0.877. The van der Waals surface area contributed by atoms with Crippen molar-refractivity contribution in [2.75, 3.05) is 6.61 Å². The first-order valence-corrected chi connectivity index (χ1v) is 5.68. The third-order valence-corrected chi connectivity index (χ3v) is 2.03.